The molecular weight excluding hydrogens is 307 g/mol. The Hall–Kier alpha value is -1.62. The lowest BCUT2D eigenvalue weighted by molar-refractivity contribution is -0.137. The van der Waals surface area contributed by atoms with Gasteiger partial charge >= 0.3 is 0 Å². The second kappa shape index (κ2) is 7.09. The van der Waals surface area contributed by atoms with E-state index in [4.69, 9.17) is 11.6 Å². The predicted molar refractivity (Wildman–Crippen MR) is 84.2 cm³/mol. The molecule has 1 fully saturated rings. The maximum atomic E-state index is 13.1. The number of halogens is 2. The lowest BCUT2D eigenvalue weighted by atomic mass is 9.95. The molecule has 0 radical (unpaired) electrons. The molecule has 0 unspecified atom stereocenters. The van der Waals surface area contributed by atoms with Crippen LogP contribution >= 0.6 is 11.6 Å². The topological polar surface area (TPSA) is 49.4 Å². The molecule has 1 heterocycles. The molecule has 0 aliphatic carbocycles. The van der Waals surface area contributed by atoms with Crippen LogP contribution in [0.3, 0.4) is 0 Å². The van der Waals surface area contributed by atoms with Gasteiger partial charge in [-0.2, -0.15) is 0 Å². The predicted octanol–water partition coefficient (Wildman–Crippen LogP) is 3.31. The van der Waals surface area contributed by atoms with Crippen LogP contribution in [0.2, 0.25) is 5.02 Å². The zero-order chi connectivity index (χ0) is 16.3. The third-order valence-electron chi connectivity index (χ3n) is 3.86. The first-order valence-electron chi connectivity index (χ1n) is 7.43. The van der Waals surface area contributed by atoms with Gasteiger partial charge in [0.25, 0.3) is 0 Å². The third-order valence-corrected chi connectivity index (χ3v) is 4.15. The number of nitrogens with zero attached hydrogens (tertiary/aromatic N) is 1. The zero-order valence-corrected chi connectivity index (χ0v) is 13.5. The van der Waals surface area contributed by atoms with Crippen molar-refractivity contribution in [3.05, 3.63) is 29.0 Å². The molecule has 6 heteroatoms. The van der Waals surface area contributed by atoms with E-state index in [1.807, 2.05) is 18.7 Å². The molecule has 2 rings (SSSR count). The second-order valence-electron chi connectivity index (χ2n) is 5.87. The van der Waals surface area contributed by atoms with Crippen LogP contribution in [0, 0.1) is 17.7 Å². The summed E-state index contributed by atoms with van der Waals surface area (Å²) in [4.78, 5) is 25.9. The Labute approximate surface area is 134 Å². The van der Waals surface area contributed by atoms with Gasteiger partial charge in [-0.1, -0.05) is 25.4 Å². The average Bonchev–Trinajstić information content (AvgIpc) is 2.50. The number of hydrogen-bond donors (Lipinski definition) is 1. The summed E-state index contributed by atoms with van der Waals surface area (Å²) in [6, 6.07) is 4.10. The maximum Gasteiger partial charge on any atom is 0.227 e. The van der Waals surface area contributed by atoms with Crippen molar-refractivity contribution in [1.82, 2.24) is 4.90 Å². The van der Waals surface area contributed by atoms with Crippen LogP contribution in [0.25, 0.3) is 0 Å². The van der Waals surface area contributed by atoms with Crippen LogP contribution in [0.4, 0.5) is 10.1 Å². The Morgan fingerprint density at radius 2 is 1.95 bits per heavy atom. The van der Waals surface area contributed by atoms with Gasteiger partial charge < -0.3 is 10.2 Å². The number of amides is 2. The van der Waals surface area contributed by atoms with E-state index in [1.165, 1.54) is 18.2 Å². The summed E-state index contributed by atoms with van der Waals surface area (Å²) in [6.45, 7) is 4.94. The van der Waals surface area contributed by atoms with E-state index in [-0.39, 0.29) is 28.7 Å². The van der Waals surface area contributed by atoms with Crippen molar-refractivity contribution in [2.75, 3.05) is 18.4 Å². The Kier molecular flexibility index (Phi) is 5.40. The summed E-state index contributed by atoms with van der Waals surface area (Å²) in [5.74, 6) is -0.657. The molecule has 1 aliphatic heterocycles. The minimum absolute atomic E-state index is 0.0184. The summed E-state index contributed by atoms with van der Waals surface area (Å²) in [5.41, 5.74) is 0.483. The van der Waals surface area contributed by atoms with Crippen LogP contribution in [0.15, 0.2) is 18.2 Å². The van der Waals surface area contributed by atoms with Crippen molar-refractivity contribution in [2.45, 2.75) is 26.7 Å². The number of anilines is 1. The highest BCUT2D eigenvalue weighted by Crippen LogP contribution is 2.23. The van der Waals surface area contributed by atoms with Gasteiger partial charge in [0.2, 0.25) is 11.8 Å². The van der Waals surface area contributed by atoms with Gasteiger partial charge in [-0.25, -0.2) is 4.39 Å². The molecule has 0 saturated carbocycles. The highest BCUT2D eigenvalue weighted by atomic mass is 35.5. The SMILES string of the molecule is CC(C)C(=O)N1CCC(C(=O)Nc2ccc(F)c(Cl)c2)CC1. The number of carbonyl (C=O) groups is 2. The molecule has 2 amide bonds. The Morgan fingerprint density at radius 1 is 1.32 bits per heavy atom. The highest BCUT2D eigenvalue weighted by Gasteiger charge is 2.28. The van der Waals surface area contributed by atoms with Gasteiger partial charge in [-0.05, 0) is 31.0 Å². The van der Waals surface area contributed by atoms with E-state index in [0.717, 1.165) is 0 Å². The zero-order valence-electron chi connectivity index (χ0n) is 12.7. The van der Waals surface area contributed by atoms with Gasteiger partial charge in [0, 0.05) is 30.6 Å². The highest BCUT2D eigenvalue weighted by molar-refractivity contribution is 6.31. The number of carbonyl (C=O) groups excluding carboxylic acids is 2. The first kappa shape index (κ1) is 16.7. The Morgan fingerprint density at radius 3 is 2.50 bits per heavy atom. The van der Waals surface area contributed by atoms with Crippen LogP contribution in [-0.2, 0) is 9.59 Å². The van der Waals surface area contributed by atoms with E-state index < -0.39 is 5.82 Å². The molecule has 4 nitrogen and oxygen atoms in total. The average molecular weight is 327 g/mol. The number of likely N-dealkylation sites (tertiary alicyclic amines) is 1. The normalized spacial score (nSPS) is 16.0. The summed E-state index contributed by atoms with van der Waals surface area (Å²) >= 11 is 5.70. The van der Waals surface area contributed by atoms with Gasteiger partial charge in [0.1, 0.15) is 5.82 Å². The molecule has 0 bridgehead atoms. The first-order chi connectivity index (χ1) is 10.4. The van der Waals surface area contributed by atoms with E-state index in [2.05, 4.69) is 5.32 Å². The summed E-state index contributed by atoms with van der Waals surface area (Å²) < 4.78 is 13.1. The molecule has 1 saturated heterocycles. The minimum atomic E-state index is -0.514. The van der Waals surface area contributed by atoms with Crippen molar-refractivity contribution in [2.24, 2.45) is 11.8 Å². The molecule has 1 aromatic carbocycles. The number of nitrogens with one attached hydrogen (secondary N) is 1. The van der Waals surface area contributed by atoms with Crippen molar-refractivity contribution >= 4 is 29.1 Å². The number of hydrogen-bond acceptors (Lipinski definition) is 2. The lowest BCUT2D eigenvalue weighted by Gasteiger charge is -2.32. The molecule has 120 valence electrons. The molecular formula is C16H20ClFN2O2. The number of piperidine rings is 1. The Bertz CT molecular complexity index is 569. The van der Waals surface area contributed by atoms with Crippen molar-refractivity contribution in [3.8, 4) is 0 Å². The fraction of sp³-hybridized carbons (Fsp3) is 0.500. The van der Waals surface area contributed by atoms with E-state index >= 15 is 0 Å². The molecule has 0 atom stereocenters. The smallest absolute Gasteiger partial charge is 0.227 e. The standard InChI is InChI=1S/C16H20ClFN2O2/c1-10(2)16(22)20-7-5-11(6-8-20)15(21)19-12-3-4-14(18)13(17)9-12/h3-4,9-11H,5-8H2,1-2H3,(H,19,21). The molecule has 1 aromatic rings. The molecule has 1 N–H and O–H groups in total. The molecule has 22 heavy (non-hydrogen) atoms. The molecule has 0 aromatic heterocycles. The molecule has 1 aliphatic rings. The summed E-state index contributed by atoms with van der Waals surface area (Å²) in [6.07, 6.45) is 1.28. The van der Waals surface area contributed by atoms with Crippen LogP contribution in [0.5, 0.6) is 0 Å². The lowest BCUT2D eigenvalue weighted by Crippen LogP contribution is -2.43. The third kappa shape index (κ3) is 3.97. The van der Waals surface area contributed by atoms with Crippen LogP contribution in [-0.4, -0.2) is 29.8 Å². The van der Waals surface area contributed by atoms with E-state index in [9.17, 15) is 14.0 Å². The van der Waals surface area contributed by atoms with Gasteiger partial charge in [0.15, 0.2) is 0 Å². The monoisotopic (exact) mass is 326 g/mol. The van der Waals surface area contributed by atoms with Crippen LogP contribution < -0.4 is 5.32 Å². The van der Waals surface area contributed by atoms with Gasteiger partial charge in [0.05, 0.1) is 5.02 Å². The van der Waals surface area contributed by atoms with Gasteiger partial charge in [-0.3, -0.25) is 9.59 Å². The van der Waals surface area contributed by atoms with Crippen molar-refractivity contribution < 1.29 is 14.0 Å². The second-order valence-corrected chi connectivity index (χ2v) is 6.28. The minimum Gasteiger partial charge on any atom is -0.342 e. The van der Waals surface area contributed by atoms with E-state index in [1.54, 1.807) is 0 Å². The fourth-order valence-corrected chi connectivity index (χ4v) is 2.73. The van der Waals surface area contributed by atoms with Gasteiger partial charge in [-0.15, -0.1) is 0 Å². The van der Waals surface area contributed by atoms with Crippen molar-refractivity contribution in [1.29, 1.82) is 0 Å². The quantitative estimate of drug-likeness (QED) is 0.926. The van der Waals surface area contributed by atoms with Crippen molar-refractivity contribution in [3.63, 3.8) is 0 Å². The molecule has 0 spiro atoms. The number of rotatable bonds is 3. The van der Waals surface area contributed by atoms with Crippen LogP contribution in [0.1, 0.15) is 26.7 Å². The largest absolute Gasteiger partial charge is 0.342 e. The Balaban J connectivity index is 1.89. The maximum absolute atomic E-state index is 13.1. The summed E-state index contributed by atoms with van der Waals surface area (Å²) in [7, 11) is 0. The fourth-order valence-electron chi connectivity index (χ4n) is 2.55. The van der Waals surface area contributed by atoms with E-state index in [0.29, 0.717) is 31.6 Å². The first-order valence-corrected chi connectivity index (χ1v) is 7.81. The summed E-state index contributed by atoms with van der Waals surface area (Å²) in [5, 5.41) is 2.73. The number of benzene rings is 1.